The molecule has 0 unspecified atom stereocenters. The Bertz CT molecular complexity index is 366. The summed E-state index contributed by atoms with van der Waals surface area (Å²) < 4.78 is 15.2. The highest BCUT2D eigenvalue weighted by Crippen LogP contribution is 2.36. The van der Waals surface area contributed by atoms with E-state index in [2.05, 4.69) is 43.3 Å². The van der Waals surface area contributed by atoms with Crippen LogP contribution in [-0.2, 0) is 23.5 Å². The fourth-order valence-electron chi connectivity index (χ4n) is 1.35. The van der Waals surface area contributed by atoms with Gasteiger partial charge in [0, 0.05) is 0 Å². The van der Waals surface area contributed by atoms with E-state index in [4.69, 9.17) is 4.43 Å². The van der Waals surface area contributed by atoms with Gasteiger partial charge in [0.25, 0.3) is 0 Å². The van der Waals surface area contributed by atoms with E-state index in [9.17, 15) is 9.59 Å². The van der Waals surface area contributed by atoms with E-state index in [0.29, 0.717) is 6.61 Å². The highest BCUT2D eigenvalue weighted by Gasteiger charge is 2.36. The Balaban J connectivity index is 4.43. The van der Waals surface area contributed by atoms with Crippen molar-refractivity contribution in [3.05, 3.63) is 12.2 Å². The molecular formula is C15H28O5Si. The van der Waals surface area contributed by atoms with Crippen molar-refractivity contribution in [2.45, 2.75) is 45.3 Å². The zero-order valence-electron chi connectivity index (χ0n) is 14.2. The molecule has 0 aliphatic rings. The molecule has 0 heterocycles. The lowest BCUT2D eigenvalue weighted by Crippen LogP contribution is -2.40. The summed E-state index contributed by atoms with van der Waals surface area (Å²) in [6.07, 6.45) is 3.84. The van der Waals surface area contributed by atoms with Gasteiger partial charge in [-0.05, 0) is 24.6 Å². The van der Waals surface area contributed by atoms with Crippen molar-refractivity contribution in [2.75, 3.05) is 20.8 Å². The third-order valence-electron chi connectivity index (χ3n) is 3.86. The predicted molar refractivity (Wildman–Crippen MR) is 84.4 cm³/mol. The van der Waals surface area contributed by atoms with Gasteiger partial charge in [0.2, 0.25) is 0 Å². The van der Waals surface area contributed by atoms with Crippen LogP contribution < -0.4 is 0 Å². The largest absolute Gasteiger partial charge is 0.468 e. The smallest absolute Gasteiger partial charge is 0.320 e. The van der Waals surface area contributed by atoms with Crippen LogP contribution in [0.25, 0.3) is 0 Å². The van der Waals surface area contributed by atoms with Crippen molar-refractivity contribution in [3.8, 4) is 0 Å². The van der Waals surface area contributed by atoms with Gasteiger partial charge in [0.15, 0.2) is 14.2 Å². The van der Waals surface area contributed by atoms with Crippen LogP contribution in [0.1, 0.15) is 27.2 Å². The van der Waals surface area contributed by atoms with Gasteiger partial charge >= 0.3 is 11.9 Å². The molecule has 0 rings (SSSR count). The molecule has 21 heavy (non-hydrogen) atoms. The van der Waals surface area contributed by atoms with Crippen molar-refractivity contribution in [1.82, 2.24) is 0 Å². The first-order valence-electron chi connectivity index (χ1n) is 7.01. The number of ether oxygens (including phenoxy) is 2. The first-order chi connectivity index (χ1) is 9.56. The van der Waals surface area contributed by atoms with E-state index < -0.39 is 26.2 Å². The summed E-state index contributed by atoms with van der Waals surface area (Å²) in [5.41, 5.74) is 0. The number of hydrogen-bond acceptors (Lipinski definition) is 5. The Kier molecular flexibility index (Phi) is 7.88. The topological polar surface area (TPSA) is 61.8 Å². The molecule has 0 aromatic rings. The van der Waals surface area contributed by atoms with Crippen molar-refractivity contribution in [2.24, 2.45) is 5.92 Å². The number of allylic oxidation sites excluding steroid dienone is 1. The number of methoxy groups -OCH3 is 2. The maximum atomic E-state index is 11.5. The van der Waals surface area contributed by atoms with Crippen LogP contribution in [0.5, 0.6) is 0 Å². The monoisotopic (exact) mass is 316 g/mol. The Labute approximate surface area is 128 Å². The maximum Gasteiger partial charge on any atom is 0.320 e. The zero-order valence-corrected chi connectivity index (χ0v) is 15.2. The number of esters is 2. The molecule has 0 bridgehead atoms. The highest BCUT2D eigenvalue weighted by atomic mass is 28.4. The molecule has 0 saturated heterocycles. The van der Waals surface area contributed by atoms with Crippen molar-refractivity contribution in [3.63, 3.8) is 0 Å². The quantitative estimate of drug-likeness (QED) is 0.313. The molecule has 0 N–H and O–H groups in total. The van der Waals surface area contributed by atoms with Crippen molar-refractivity contribution < 1.29 is 23.5 Å². The van der Waals surface area contributed by atoms with Gasteiger partial charge in [-0.25, -0.2) is 0 Å². The van der Waals surface area contributed by atoms with Crippen molar-refractivity contribution >= 4 is 20.3 Å². The molecule has 0 atom stereocenters. The molecule has 6 heteroatoms. The SMILES string of the molecule is COC(=O)C(C/C=C\CO[Si](C)(C)C(C)(C)C)C(=O)OC. The number of rotatable bonds is 7. The lowest BCUT2D eigenvalue weighted by atomic mass is 10.1. The Morgan fingerprint density at radius 1 is 1.05 bits per heavy atom. The molecule has 0 aliphatic carbocycles. The molecule has 0 aromatic heterocycles. The third kappa shape index (κ3) is 6.43. The fraction of sp³-hybridized carbons (Fsp3) is 0.733. The van der Waals surface area contributed by atoms with Gasteiger partial charge < -0.3 is 13.9 Å². The molecule has 122 valence electrons. The average molecular weight is 316 g/mol. The molecule has 0 aromatic carbocycles. The second-order valence-electron chi connectivity index (χ2n) is 6.38. The normalized spacial score (nSPS) is 12.8. The minimum Gasteiger partial charge on any atom is -0.468 e. The Hall–Kier alpha value is -1.14. The van der Waals surface area contributed by atoms with Crippen LogP contribution in [0, 0.1) is 5.92 Å². The predicted octanol–water partition coefficient (Wildman–Crippen LogP) is 2.92. The molecule has 0 aliphatic heterocycles. The van der Waals surface area contributed by atoms with Crippen LogP contribution in [0.4, 0.5) is 0 Å². The fourth-order valence-corrected chi connectivity index (χ4v) is 2.29. The third-order valence-corrected chi connectivity index (χ3v) is 8.36. The van der Waals surface area contributed by atoms with Crippen LogP contribution in [0.15, 0.2) is 12.2 Å². The summed E-state index contributed by atoms with van der Waals surface area (Å²) >= 11 is 0. The standard InChI is InChI=1S/C15H28O5Si/c1-15(2,3)21(6,7)20-11-9-8-10-12(13(16)18-4)14(17)19-5/h8-9,12H,10-11H2,1-7H3/b9-8-. The maximum absolute atomic E-state index is 11.5. The summed E-state index contributed by atoms with van der Waals surface area (Å²) in [6.45, 7) is 11.3. The molecule has 0 amide bonds. The summed E-state index contributed by atoms with van der Waals surface area (Å²) in [6, 6.07) is 0. The number of hydrogen-bond donors (Lipinski definition) is 0. The van der Waals surface area contributed by atoms with E-state index in [1.165, 1.54) is 14.2 Å². The van der Waals surface area contributed by atoms with Gasteiger partial charge in [-0.3, -0.25) is 9.59 Å². The minimum atomic E-state index is -1.77. The van der Waals surface area contributed by atoms with E-state index in [1.54, 1.807) is 6.08 Å². The van der Waals surface area contributed by atoms with Gasteiger partial charge in [-0.2, -0.15) is 0 Å². The summed E-state index contributed by atoms with van der Waals surface area (Å²) in [5, 5.41) is 0.154. The second kappa shape index (κ2) is 8.34. The molecule has 0 saturated carbocycles. The zero-order chi connectivity index (χ0) is 16.7. The number of carbonyl (C=O) groups is 2. The number of carbonyl (C=O) groups excluding carboxylic acids is 2. The first-order valence-corrected chi connectivity index (χ1v) is 9.92. The molecule has 0 spiro atoms. The average Bonchev–Trinajstić information content (AvgIpc) is 2.39. The van der Waals surface area contributed by atoms with E-state index in [1.807, 2.05) is 6.08 Å². The van der Waals surface area contributed by atoms with Crippen LogP contribution >= 0.6 is 0 Å². The van der Waals surface area contributed by atoms with E-state index in [0.717, 1.165) is 0 Å². The van der Waals surface area contributed by atoms with E-state index in [-0.39, 0.29) is 11.5 Å². The van der Waals surface area contributed by atoms with E-state index >= 15 is 0 Å². The van der Waals surface area contributed by atoms with Gasteiger partial charge in [0.05, 0.1) is 20.8 Å². The Morgan fingerprint density at radius 2 is 1.52 bits per heavy atom. The lowest BCUT2D eigenvalue weighted by molar-refractivity contribution is -0.158. The minimum absolute atomic E-state index is 0.154. The highest BCUT2D eigenvalue weighted by molar-refractivity contribution is 6.74. The van der Waals surface area contributed by atoms with Gasteiger partial charge in [0.1, 0.15) is 0 Å². The second-order valence-corrected chi connectivity index (χ2v) is 11.2. The molecular weight excluding hydrogens is 288 g/mol. The summed E-state index contributed by atoms with van der Waals surface area (Å²) in [4.78, 5) is 23.0. The first kappa shape index (κ1) is 19.9. The molecule has 0 fully saturated rings. The summed E-state index contributed by atoms with van der Waals surface area (Å²) in [7, 11) is 0.731. The van der Waals surface area contributed by atoms with Crippen LogP contribution in [0.2, 0.25) is 18.1 Å². The van der Waals surface area contributed by atoms with Crippen LogP contribution in [0.3, 0.4) is 0 Å². The van der Waals surface area contributed by atoms with Gasteiger partial charge in [-0.1, -0.05) is 32.9 Å². The van der Waals surface area contributed by atoms with Crippen LogP contribution in [-0.4, -0.2) is 41.1 Å². The molecule has 5 nitrogen and oxygen atoms in total. The molecule has 0 radical (unpaired) electrons. The lowest BCUT2D eigenvalue weighted by Gasteiger charge is -2.35. The van der Waals surface area contributed by atoms with Gasteiger partial charge in [-0.15, -0.1) is 0 Å². The summed E-state index contributed by atoms with van der Waals surface area (Å²) in [5.74, 6) is -2.09. The van der Waals surface area contributed by atoms with Crippen molar-refractivity contribution in [1.29, 1.82) is 0 Å². The Morgan fingerprint density at radius 3 is 1.90 bits per heavy atom.